The first kappa shape index (κ1) is 19.1. The summed E-state index contributed by atoms with van der Waals surface area (Å²) in [6, 6.07) is 6.39. The molecule has 1 aromatic carbocycles. The van der Waals surface area contributed by atoms with Gasteiger partial charge < -0.3 is 10.6 Å². The van der Waals surface area contributed by atoms with Gasteiger partial charge in [-0.05, 0) is 31.5 Å². The third kappa shape index (κ3) is 4.88. The highest BCUT2D eigenvalue weighted by atomic mass is 16.2. The van der Waals surface area contributed by atoms with Gasteiger partial charge in [-0.15, -0.1) is 0 Å². The molecule has 1 saturated heterocycles. The van der Waals surface area contributed by atoms with E-state index in [9.17, 15) is 19.2 Å². The van der Waals surface area contributed by atoms with Crippen LogP contribution in [0.1, 0.15) is 32.8 Å². The number of nitrogens with one attached hydrogen (secondary N) is 3. The Hall–Kier alpha value is -3.23. The predicted molar refractivity (Wildman–Crippen MR) is 95.4 cm³/mol. The van der Waals surface area contributed by atoms with Gasteiger partial charge in [-0.3, -0.25) is 19.3 Å². The van der Waals surface area contributed by atoms with E-state index < -0.39 is 17.5 Å². The molecule has 0 bridgehead atoms. The molecule has 138 valence electrons. The molecule has 0 atom stereocenters. The number of imide groups is 1. The highest BCUT2D eigenvalue weighted by Crippen LogP contribution is 2.16. The van der Waals surface area contributed by atoms with Crippen LogP contribution >= 0.6 is 0 Å². The lowest BCUT2D eigenvalue weighted by molar-refractivity contribution is -0.130. The average Bonchev–Trinajstić information content (AvgIpc) is 2.74. The van der Waals surface area contributed by atoms with E-state index in [-0.39, 0.29) is 24.8 Å². The Labute approximate surface area is 150 Å². The molecule has 9 nitrogen and oxygen atoms in total. The number of rotatable bonds is 6. The van der Waals surface area contributed by atoms with Gasteiger partial charge >= 0.3 is 6.03 Å². The molecule has 9 heteroatoms. The van der Waals surface area contributed by atoms with Crippen LogP contribution in [-0.4, -0.2) is 47.0 Å². The lowest BCUT2D eigenvalue weighted by Gasteiger charge is -2.15. The van der Waals surface area contributed by atoms with Gasteiger partial charge in [0, 0.05) is 25.6 Å². The topological polar surface area (TPSA) is 120 Å². The summed E-state index contributed by atoms with van der Waals surface area (Å²) in [6.45, 7) is 4.62. The van der Waals surface area contributed by atoms with E-state index >= 15 is 0 Å². The van der Waals surface area contributed by atoms with Gasteiger partial charge in [-0.25, -0.2) is 10.2 Å². The molecule has 1 aromatic rings. The smallest absolute Gasteiger partial charge is 0.325 e. The second-order valence-corrected chi connectivity index (χ2v) is 6.36. The summed E-state index contributed by atoms with van der Waals surface area (Å²) in [5.74, 6) is -0.938. The number of benzene rings is 1. The number of carbonyl (C=O) groups is 4. The zero-order valence-electron chi connectivity index (χ0n) is 14.8. The Morgan fingerprint density at radius 1 is 1.23 bits per heavy atom. The van der Waals surface area contributed by atoms with Crippen molar-refractivity contribution in [3.63, 3.8) is 0 Å². The largest absolute Gasteiger partial charge is 0.326 e. The maximum absolute atomic E-state index is 12.0. The van der Waals surface area contributed by atoms with Crippen molar-refractivity contribution in [2.45, 2.75) is 32.7 Å². The van der Waals surface area contributed by atoms with E-state index in [0.717, 1.165) is 10.5 Å². The van der Waals surface area contributed by atoms with E-state index in [4.69, 9.17) is 0 Å². The summed E-state index contributed by atoms with van der Waals surface area (Å²) in [5, 5.41) is 9.02. The fourth-order valence-electron chi connectivity index (χ4n) is 2.32. The van der Waals surface area contributed by atoms with Crippen LogP contribution in [0.15, 0.2) is 29.4 Å². The highest BCUT2D eigenvalue weighted by Gasteiger charge is 2.43. The molecular weight excluding hydrogens is 338 g/mol. The number of carbonyl (C=O) groups excluding carboxylic acids is 4. The van der Waals surface area contributed by atoms with Gasteiger partial charge in [-0.2, -0.15) is 5.10 Å². The maximum Gasteiger partial charge on any atom is 0.325 e. The molecule has 0 unspecified atom stereocenters. The second-order valence-electron chi connectivity index (χ2n) is 6.36. The highest BCUT2D eigenvalue weighted by molar-refractivity contribution is 6.06. The number of amides is 5. The van der Waals surface area contributed by atoms with Crippen molar-refractivity contribution in [3.05, 3.63) is 29.8 Å². The van der Waals surface area contributed by atoms with Gasteiger partial charge in [0.1, 0.15) is 5.54 Å². The van der Waals surface area contributed by atoms with E-state index in [1.165, 1.54) is 13.1 Å². The summed E-state index contributed by atoms with van der Waals surface area (Å²) in [6.07, 6.45) is 1.40. The fraction of sp³-hybridized carbons (Fsp3) is 0.353. The lowest BCUT2D eigenvalue weighted by atomic mass is 10.1. The molecule has 1 heterocycles. The molecule has 26 heavy (non-hydrogen) atoms. The first-order chi connectivity index (χ1) is 12.2. The molecule has 2 rings (SSSR count). The second kappa shape index (κ2) is 7.77. The van der Waals surface area contributed by atoms with Gasteiger partial charge in [0.15, 0.2) is 0 Å². The summed E-state index contributed by atoms with van der Waals surface area (Å²) in [5.41, 5.74) is 2.79. The first-order valence-corrected chi connectivity index (χ1v) is 8.03. The molecule has 0 aromatic heterocycles. The molecule has 0 radical (unpaired) electrons. The van der Waals surface area contributed by atoms with Crippen molar-refractivity contribution in [2.75, 3.05) is 11.9 Å². The predicted octanol–water partition coefficient (Wildman–Crippen LogP) is 0.816. The molecular formula is C17H21N5O4. The molecule has 1 fully saturated rings. The zero-order chi connectivity index (χ0) is 19.3. The molecule has 5 amide bonds. The van der Waals surface area contributed by atoms with Crippen molar-refractivity contribution in [1.82, 2.24) is 15.6 Å². The van der Waals surface area contributed by atoms with Crippen molar-refractivity contribution in [3.8, 4) is 0 Å². The quantitative estimate of drug-likeness (QED) is 0.395. The van der Waals surface area contributed by atoms with Crippen molar-refractivity contribution in [1.29, 1.82) is 0 Å². The molecule has 1 aliphatic rings. The van der Waals surface area contributed by atoms with Crippen LogP contribution in [0.5, 0.6) is 0 Å². The van der Waals surface area contributed by atoms with Crippen molar-refractivity contribution in [2.24, 2.45) is 5.10 Å². The third-order valence-corrected chi connectivity index (χ3v) is 3.64. The normalized spacial score (nSPS) is 15.9. The molecule has 1 aliphatic heterocycles. The van der Waals surface area contributed by atoms with Crippen molar-refractivity contribution < 1.29 is 19.2 Å². The summed E-state index contributed by atoms with van der Waals surface area (Å²) >= 11 is 0. The van der Waals surface area contributed by atoms with E-state index in [1.807, 2.05) is 0 Å². The molecule has 3 N–H and O–H groups in total. The Morgan fingerprint density at radius 3 is 2.42 bits per heavy atom. The molecule has 0 spiro atoms. The minimum Gasteiger partial charge on any atom is -0.326 e. The van der Waals surface area contributed by atoms with Crippen LogP contribution in [0.2, 0.25) is 0 Å². The van der Waals surface area contributed by atoms with Gasteiger partial charge in [0.2, 0.25) is 11.8 Å². The summed E-state index contributed by atoms with van der Waals surface area (Å²) in [4.78, 5) is 47.5. The van der Waals surface area contributed by atoms with E-state index in [0.29, 0.717) is 5.69 Å². The number of anilines is 1. The number of hydrogen-bond acceptors (Lipinski definition) is 5. The SMILES string of the molecule is CC(=O)Nc1ccc(/C=N\NC(=O)CCN2C(=O)NC(C)(C)C2=O)cc1. The van der Waals surface area contributed by atoms with E-state index in [2.05, 4.69) is 21.2 Å². The first-order valence-electron chi connectivity index (χ1n) is 8.03. The van der Waals surface area contributed by atoms with Crippen molar-refractivity contribution >= 4 is 35.7 Å². The number of hydrazone groups is 1. The maximum atomic E-state index is 12.0. The minimum absolute atomic E-state index is 0.0130. The van der Waals surface area contributed by atoms with Crippen LogP contribution < -0.4 is 16.1 Å². The monoisotopic (exact) mass is 359 g/mol. The van der Waals surface area contributed by atoms with Gasteiger partial charge in [-0.1, -0.05) is 12.1 Å². The zero-order valence-corrected chi connectivity index (χ0v) is 14.8. The Balaban J connectivity index is 1.80. The Morgan fingerprint density at radius 2 is 1.88 bits per heavy atom. The standard InChI is InChI=1S/C17H21N5O4/c1-11(23)19-13-6-4-12(5-7-13)10-18-21-14(24)8-9-22-15(25)17(2,3)20-16(22)26/h4-7,10H,8-9H2,1-3H3,(H,19,23)(H,20,26)(H,21,24)/b18-10-. The number of hydrogen-bond donors (Lipinski definition) is 3. The van der Waals surface area contributed by atoms with Crippen LogP contribution in [0.3, 0.4) is 0 Å². The number of nitrogens with zero attached hydrogens (tertiary/aromatic N) is 2. The summed E-state index contributed by atoms with van der Waals surface area (Å²) < 4.78 is 0. The van der Waals surface area contributed by atoms with E-state index in [1.54, 1.807) is 38.1 Å². The minimum atomic E-state index is -0.949. The fourth-order valence-corrected chi connectivity index (χ4v) is 2.32. The molecule has 0 aliphatic carbocycles. The Kier molecular flexibility index (Phi) is 5.71. The van der Waals surface area contributed by atoms with Crippen LogP contribution in [0.25, 0.3) is 0 Å². The van der Waals surface area contributed by atoms with Gasteiger partial charge in [0.25, 0.3) is 5.91 Å². The van der Waals surface area contributed by atoms with Crippen LogP contribution in [0.4, 0.5) is 10.5 Å². The Bertz CT molecular complexity index is 755. The van der Waals surface area contributed by atoms with Crippen LogP contribution in [-0.2, 0) is 14.4 Å². The van der Waals surface area contributed by atoms with Gasteiger partial charge in [0.05, 0.1) is 6.21 Å². The third-order valence-electron chi connectivity index (χ3n) is 3.64. The number of urea groups is 1. The average molecular weight is 359 g/mol. The lowest BCUT2D eigenvalue weighted by Crippen LogP contribution is -2.40. The van der Waals surface area contributed by atoms with Crippen LogP contribution in [0, 0.1) is 0 Å². The summed E-state index contributed by atoms with van der Waals surface area (Å²) in [7, 11) is 0. The molecule has 0 saturated carbocycles.